The van der Waals surface area contributed by atoms with Crippen molar-refractivity contribution < 1.29 is 14.3 Å². The number of esters is 1. The van der Waals surface area contributed by atoms with E-state index in [1.807, 2.05) is 12.1 Å². The van der Waals surface area contributed by atoms with Gasteiger partial charge in [-0.25, -0.2) is 4.98 Å². The van der Waals surface area contributed by atoms with Gasteiger partial charge in [0.1, 0.15) is 10.8 Å². The number of carbonyl (C=O) groups excluding carboxylic acids is 2. The lowest BCUT2D eigenvalue weighted by atomic mass is 10.2. The lowest BCUT2D eigenvalue weighted by Crippen LogP contribution is -2.09. The number of thiazole rings is 1. The van der Waals surface area contributed by atoms with Crippen molar-refractivity contribution in [3.8, 4) is 0 Å². The second-order valence-corrected chi connectivity index (χ2v) is 5.79. The van der Waals surface area contributed by atoms with Crippen molar-refractivity contribution in [3.05, 3.63) is 28.2 Å². The normalized spacial score (nSPS) is 10.7. The molecule has 2 rings (SSSR count). The van der Waals surface area contributed by atoms with Gasteiger partial charge in [-0.3, -0.25) is 9.59 Å². The highest BCUT2D eigenvalue weighted by Crippen LogP contribution is 2.25. The Bertz CT molecular complexity index is 638. The minimum Gasteiger partial charge on any atom is -0.466 e. The quantitative estimate of drug-likeness (QED) is 0.767. The molecule has 2 aromatic rings. The Morgan fingerprint density at radius 3 is 2.90 bits per heavy atom. The lowest BCUT2D eigenvalue weighted by molar-refractivity contribution is -0.144. The molecule has 1 heterocycles. The van der Waals surface area contributed by atoms with Crippen LogP contribution < -0.4 is 0 Å². The maximum absolute atomic E-state index is 11.8. The molecule has 0 atom stereocenters. The van der Waals surface area contributed by atoms with Crippen LogP contribution in [0.1, 0.15) is 24.8 Å². The number of hydrogen-bond acceptors (Lipinski definition) is 5. The fourth-order valence-corrected chi connectivity index (χ4v) is 3.03. The number of halogens is 1. The van der Waals surface area contributed by atoms with E-state index in [0.717, 1.165) is 15.2 Å². The van der Waals surface area contributed by atoms with Crippen LogP contribution in [0, 0.1) is 0 Å². The molecule has 0 fully saturated rings. The zero-order chi connectivity index (χ0) is 14.5. The van der Waals surface area contributed by atoms with Gasteiger partial charge >= 0.3 is 5.97 Å². The van der Waals surface area contributed by atoms with E-state index in [4.69, 9.17) is 16.3 Å². The van der Waals surface area contributed by atoms with Gasteiger partial charge in [-0.15, -0.1) is 11.3 Å². The summed E-state index contributed by atoms with van der Waals surface area (Å²) in [6.45, 7) is 2.08. The van der Waals surface area contributed by atoms with Gasteiger partial charge in [-0.2, -0.15) is 0 Å². The summed E-state index contributed by atoms with van der Waals surface area (Å²) in [6, 6.07) is 5.44. The van der Waals surface area contributed by atoms with E-state index in [-0.39, 0.29) is 31.0 Å². The molecule has 0 amide bonds. The summed E-state index contributed by atoms with van der Waals surface area (Å²) in [5, 5.41) is 1.40. The topological polar surface area (TPSA) is 56.3 Å². The Morgan fingerprint density at radius 2 is 2.15 bits per heavy atom. The Hall–Kier alpha value is -1.46. The Balaban J connectivity index is 1.94. The molecule has 6 heteroatoms. The molecule has 0 unspecified atom stereocenters. The first-order chi connectivity index (χ1) is 9.58. The summed E-state index contributed by atoms with van der Waals surface area (Å²) in [7, 11) is 0. The molecule has 106 valence electrons. The fraction of sp³-hybridized carbons (Fsp3) is 0.357. The number of rotatable bonds is 6. The molecule has 1 aromatic heterocycles. The minimum absolute atomic E-state index is 0.0109. The van der Waals surface area contributed by atoms with E-state index in [9.17, 15) is 9.59 Å². The average molecular weight is 312 g/mol. The summed E-state index contributed by atoms with van der Waals surface area (Å²) in [4.78, 5) is 27.4. The summed E-state index contributed by atoms with van der Waals surface area (Å²) in [6.07, 6.45) is 0.565. The van der Waals surface area contributed by atoms with Gasteiger partial charge in [-0.05, 0) is 25.1 Å². The molecule has 0 bridgehead atoms. The number of nitrogens with zero attached hydrogens (tertiary/aromatic N) is 1. The van der Waals surface area contributed by atoms with Gasteiger partial charge in [0.25, 0.3) is 0 Å². The first-order valence-electron chi connectivity index (χ1n) is 6.30. The van der Waals surface area contributed by atoms with Gasteiger partial charge in [0.05, 0.1) is 29.7 Å². The molecule has 4 nitrogen and oxygen atoms in total. The molecular weight excluding hydrogens is 298 g/mol. The van der Waals surface area contributed by atoms with E-state index in [1.165, 1.54) is 11.3 Å². The van der Waals surface area contributed by atoms with E-state index in [0.29, 0.717) is 11.6 Å². The van der Waals surface area contributed by atoms with Crippen LogP contribution in [0.4, 0.5) is 0 Å². The molecule has 20 heavy (non-hydrogen) atoms. The number of ether oxygens (including phenoxy) is 1. The standard InChI is InChI=1S/C14H14ClNO3S/c1-2-19-14(18)6-4-10(17)8-13-16-11-5-3-9(15)7-12(11)20-13/h3,5,7H,2,4,6,8H2,1H3. The Labute approximate surface area is 125 Å². The zero-order valence-corrected chi connectivity index (χ0v) is 12.6. The summed E-state index contributed by atoms with van der Waals surface area (Å²) in [5.74, 6) is -0.347. The highest BCUT2D eigenvalue weighted by molar-refractivity contribution is 7.18. The molecule has 0 N–H and O–H groups in total. The van der Waals surface area contributed by atoms with Crippen LogP contribution in [0.3, 0.4) is 0 Å². The van der Waals surface area contributed by atoms with E-state index < -0.39 is 0 Å². The molecule has 0 aliphatic rings. The van der Waals surface area contributed by atoms with Crippen molar-refractivity contribution >= 4 is 44.9 Å². The van der Waals surface area contributed by atoms with Gasteiger partial charge in [0.15, 0.2) is 0 Å². The minimum atomic E-state index is -0.336. The number of ketones is 1. The van der Waals surface area contributed by atoms with Crippen molar-refractivity contribution in [2.75, 3.05) is 6.61 Å². The number of fused-ring (bicyclic) bond motifs is 1. The largest absolute Gasteiger partial charge is 0.466 e. The monoisotopic (exact) mass is 311 g/mol. The maximum Gasteiger partial charge on any atom is 0.306 e. The van der Waals surface area contributed by atoms with Crippen LogP contribution in [0.5, 0.6) is 0 Å². The number of carbonyl (C=O) groups is 2. The number of aromatic nitrogens is 1. The van der Waals surface area contributed by atoms with Crippen LogP contribution in [0.25, 0.3) is 10.2 Å². The molecule has 0 saturated heterocycles. The average Bonchev–Trinajstić information content (AvgIpc) is 2.78. The number of hydrogen-bond donors (Lipinski definition) is 0. The molecule has 0 spiro atoms. The lowest BCUT2D eigenvalue weighted by Gasteiger charge is -2.00. The van der Waals surface area contributed by atoms with E-state index >= 15 is 0 Å². The van der Waals surface area contributed by atoms with Crippen LogP contribution in [0.15, 0.2) is 18.2 Å². The predicted octanol–water partition coefficient (Wildman–Crippen LogP) is 3.40. The number of Topliss-reactive ketones (excluding diaryl/α,β-unsaturated/α-hetero) is 1. The fourth-order valence-electron chi connectivity index (χ4n) is 1.75. The highest BCUT2D eigenvalue weighted by atomic mass is 35.5. The third-order valence-electron chi connectivity index (χ3n) is 2.66. The Kier molecular flexibility index (Phi) is 5.09. The maximum atomic E-state index is 11.8. The highest BCUT2D eigenvalue weighted by Gasteiger charge is 2.11. The van der Waals surface area contributed by atoms with Crippen molar-refractivity contribution in [1.29, 1.82) is 0 Å². The van der Waals surface area contributed by atoms with Gasteiger partial charge in [-0.1, -0.05) is 11.6 Å². The van der Waals surface area contributed by atoms with Crippen LogP contribution in [-0.4, -0.2) is 23.3 Å². The van der Waals surface area contributed by atoms with Gasteiger partial charge in [0, 0.05) is 11.4 Å². The van der Waals surface area contributed by atoms with Crippen LogP contribution in [0.2, 0.25) is 5.02 Å². The van der Waals surface area contributed by atoms with E-state index in [2.05, 4.69) is 4.98 Å². The second kappa shape index (κ2) is 6.81. The third kappa shape index (κ3) is 4.02. The van der Waals surface area contributed by atoms with Crippen molar-refractivity contribution in [2.24, 2.45) is 0 Å². The predicted molar refractivity (Wildman–Crippen MR) is 79.2 cm³/mol. The first-order valence-corrected chi connectivity index (χ1v) is 7.50. The molecular formula is C14H14ClNO3S. The van der Waals surface area contributed by atoms with Crippen molar-refractivity contribution in [2.45, 2.75) is 26.2 Å². The SMILES string of the molecule is CCOC(=O)CCC(=O)Cc1nc2ccc(Cl)cc2s1. The van der Waals surface area contributed by atoms with Gasteiger partial charge < -0.3 is 4.74 Å². The number of benzene rings is 1. The van der Waals surface area contributed by atoms with Crippen LogP contribution >= 0.6 is 22.9 Å². The summed E-state index contributed by atoms with van der Waals surface area (Å²) < 4.78 is 5.75. The second-order valence-electron chi connectivity index (χ2n) is 4.24. The molecule has 0 radical (unpaired) electrons. The molecule has 1 aromatic carbocycles. The van der Waals surface area contributed by atoms with Crippen molar-refractivity contribution in [1.82, 2.24) is 4.98 Å². The third-order valence-corrected chi connectivity index (χ3v) is 3.91. The smallest absolute Gasteiger partial charge is 0.306 e. The molecule has 0 aliphatic carbocycles. The zero-order valence-electron chi connectivity index (χ0n) is 11.0. The first kappa shape index (κ1) is 14.9. The molecule has 0 aliphatic heterocycles. The molecule has 0 saturated carbocycles. The summed E-state index contributed by atoms with van der Waals surface area (Å²) in [5.41, 5.74) is 0.840. The Morgan fingerprint density at radius 1 is 1.35 bits per heavy atom. The van der Waals surface area contributed by atoms with Crippen LogP contribution in [-0.2, 0) is 20.7 Å². The van der Waals surface area contributed by atoms with Gasteiger partial charge in [0.2, 0.25) is 0 Å². The van der Waals surface area contributed by atoms with E-state index in [1.54, 1.807) is 13.0 Å². The van der Waals surface area contributed by atoms with Crippen molar-refractivity contribution in [3.63, 3.8) is 0 Å². The summed E-state index contributed by atoms with van der Waals surface area (Å²) >= 11 is 7.36.